The lowest BCUT2D eigenvalue weighted by atomic mass is 10.3. The quantitative estimate of drug-likeness (QED) is 0.760. The van der Waals surface area contributed by atoms with Gasteiger partial charge in [0.1, 0.15) is 6.04 Å². The fourth-order valence-electron chi connectivity index (χ4n) is 1.16. The molecule has 0 heterocycles. The first-order valence-corrected chi connectivity index (χ1v) is 5.08. The zero-order chi connectivity index (χ0) is 13.7. The highest BCUT2D eigenvalue weighted by Gasteiger charge is 2.14. The van der Waals surface area contributed by atoms with Crippen LogP contribution in [0.1, 0.15) is 6.92 Å². The summed E-state index contributed by atoms with van der Waals surface area (Å²) < 4.78 is 17.8. The highest BCUT2D eigenvalue weighted by molar-refractivity contribution is 5.92. The normalized spacial score (nSPS) is 11.5. The van der Waals surface area contributed by atoms with Crippen molar-refractivity contribution in [3.05, 3.63) is 24.0 Å². The molecule has 1 unspecified atom stereocenters. The van der Waals surface area contributed by atoms with Gasteiger partial charge in [-0.1, -0.05) is 0 Å². The molecule has 1 aromatic rings. The third kappa shape index (κ3) is 3.62. The Morgan fingerprint density at radius 1 is 1.44 bits per heavy atom. The second kappa shape index (κ2) is 5.85. The van der Waals surface area contributed by atoms with Gasteiger partial charge in [0.25, 0.3) is 0 Å². The van der Waals surface area contributed by atoms with E-state index >= 15 is 0 Å². The molecule has 1 aromatic carbocycles. The van der Waals surface area contributed by atoms with E-state index in [1.165, 1.54) is 26.2 Å². The van der Waals surface area contributed by atoms with Gasteiger partial charge in [0.2, 0.25) is 0 Å². The predicted octanol–water partition coefficient (Wildman–Crippen LogP) is 1.43. The van der Waals surface area contributed by atoms with Gasteiger partial charge in [0, 0.05) is 11.8 Å². The minimum absolute atomic E-state index is 0.0147. The van der Waals surface area contributed by atoms with Crippen molar-refractivity contribution in [1.82, 2.24) is 5.32 Å². The molecule has 0 saturated carbocycles. The maximum Gasteiger partial charge on any atom is 0.325 e. The number of amides is 2. The van der Waals surface area contributed by atoms with E-state index in [1.807, 2.05) is 0 Å². The molecular formula is C11H13FN2O4. The van der Waals surface area contributed by atoms with Crippen molar-refractivity contribution in [2.75, 3.05) is 12.4 Å². The largest absolute Gasteiger partial charge is 0.494 e. The highest BCUT2D eigenvalue weighted by Crippen LogP contribution is 2.21. The van der Waals surface area contributed by atoms with Gasteiger partial charge in [-0.3, -0.25) is 4.79 Å². The maximum absolute atomic E-state index is 13.1. The van der Waals surface area contributed by atoms with Crippen LogP contribution in [0.5, 0.6) is 5.75 Å². The first kappa shape index (κ1) is 13.8. The Hall–Kier alpha value is -2.31. The fourth-order valence-corrected chi connectivity index (χ4v) is 1.16. The van der Waals surface area contributed by atoms with Gasteiger partial charge < -0.3 is 20.5 Å². The number of hydrogen-bond donors (Lipinski definition) is 3. The van der Waals surface area contributed by atoms with E-state index in [0.29, 0.717) is 5.69 Å². The lowest BCUT2D eigenvalue weighted by Gasteiger charge is -2.11. The number of halogens is 1. The Labute approximate surface area is 103 Å². The number of aliphatic carboxylic acids is 1. The van der Waals surface area contributed by atoms with Crippen molar-refractivity contribution in [2.24, 2.45) is 0 Å². The van der Waals surface area contributed by atoms with E-state index in [9.17, 15) is 14.0 Å². The number of urea groups is 1. The predicted molar refractivity (Wildman–Crippen MR) is 62.2 cm³/mol. The number of rotatable bonds is 4. The minimum atomic E-state index is -1.15. The summed E-state index contributed by atoms with van der Waals surface area (Å²) in [5, 5.41) is 13.2. The number of anilines is 1. The Bertz CT molecular complexity index is 464. The molecular weight excluding hydrogens is 243 g/mol. The van der Waals surface area contributed by atoms with E-state index in [2.05, 4.69) is 10.6 Å². The van der Waals surface area contributed by atoms with Crippen molar-refractivity contribution >= 4 is 17.7 Å². The molecule has 1 atom stereocenters. The van der Waals surface area contributed by atoms with Gasteiger partial charge >= 0.3 is 12.0 Å². The van der Waals surface area contributed by atoms with Crippen LogP contribution in [0, 0.1) is 5.82 Å². The SMILES string of the molecule is COc1cc(NC(=O)NC(C)C(=O)O)ccc1F. The van der Waals surface area contributed by atoms with Crippen molar-refractivity contribution in [1.29, 1.82) is 0 Å². The fraction of sp³-hybridized carbons (Fsp3) is 0.273. The Morgan fingerprint density at radius 3 is 2.67 bits per heavy atom. The van der Waals surface area contributed by atoms with Gasteiger partial charge in [-0.15, -0.1) is 0 Å². The molecule has 0 aliphatic rings. The van der Waals surface area contributed by atoms with E-state index in [-0.39, 0.29) is 5.75 Å². The van der Waals surface area contributed by atoms with Crippen LogP contribution in [-0.2, 0) is 4.79 Å². The summed E-state index contributed by atoms with van der Waals surface area (Å²) in [6.07, 6.45) is 0. The molecule has 1 rings (SSSR count). The number of carboxylic acids is 1. The monoisotopic (exact) mass is 256 g/mol. The first-order valence-electron chi connectivity index (χ1n) is 5.08. The number of carbonyl (C=O) groups is 2. The van der Waals surface area contributed by atoms with Crippen LogP contribution in [0.3, 0.4) is 0 Å². The zero-order valence-electron chi connectivity index (χ0n) is 9.86. The molecule has 0 aliphatic carbocycles. The van der Waals surface area contributed by atoms with Crippen LogP contribution in [0.4, 0.5) is 14.9 Å². The highest BCUT2D eigenvalue weighted by atomic mass is 19.1. The van der Waals surface area contributed by atoms with Gasteiger partial charge in [0.05, 0.1) is 7.11 Å². The number of carbonyl (C=O) groups excluding carboxylic acids is 1. The van der Waals surface area contributed by atoms with Gasteiger partial charge in [-0.2, -0.15) is 0 Å². The Kier molecular flexibility index (Phi) is 4.47. The van der Waals surface area contributed by atoms with Crippen molar-refractivity contribution < 1.29 is 23.8 Å². The Morgan fingerprint density at radius 2 is 2.11 bits per heavy atom. The van der Waals surface area contributed by atoms with Crippen molar-refractivity contribution in [2.45, 2.75) is 13.0 Å². The summed E-state index contributed by atoms with van der Waals surface area (Å²) in [5.74, 6) is -1.72. The van der Waals surface area contributed by atoms with E-state index in [0.717, 1.165) is 6.07 Å². The van der Waals surface area contributed by atoms with Crippen LogP contribution >= 0.6 is 0 Å². The molecule has 7 heteroatoms. The molecule has 0 aliphatic heterocycles. The topological polar surface area (TPSA) is 87.7 Å². The maximum atomic E-state index is 13.1. The second-order valence-corrected chi connectivity index (χ2v) is 3.51. The average Bonchev–Trinajstić information content (AvgIpc) is 2.31. The van der Waals surface area contributed by atoms with Gasteiger partial charge in [-0.05, 0) is 19.1 Å². The van der Waals surface area contributed by atoms with Crippen LogP contribution in [0.25, 0.3) is 0 Å². The molecule has 18 heavy (non-hydrogen) atoms. The van der Waals surface area contributed by atoms with E-state index in [1.54, 1.807) is 0 Å². The van der Waals surface area contributed by atoms with Crippen molar-refractivity contribution in [3.8, 4) is 5.75 Å². The molecule has 0 spiro atoms. The third-order valence-electron chi connectivity index (χ3n) is 2.13. The van der Waals surface area contributed by atoms with E-state index < -0.39 is 23.9 Å². The molecule has 0 fully saturated rings. The van der Waals surface area contributed by atoms with Crippen LogP contribution in [-0.4, -0.2) is 30.3 Å². The van der Waals surface area contributed by atoms with Crippen LogP contribution < -0.4 is 15.4 Å². The number of ether oxygens (including phenoxy) is 1. The smallest absolute Gasteiger partial charge is 0.325 e. The summed E-state index contributed by atoms with van der Waals surface area (Å²) in [6, 6.07) is 2.05. The molecule has 3 N–H and O–H groups in total. The molecule has 98 valence electrons. The van der Waals surface area contributed by atoms with Gasteiger partial charge in [-0.25, -0.2) is 9.18 Å². The van der Waals surface area contributed by atoms with Crippen LogP contribution in [0.2, 0.25) is 0 Å². The summed E-state index contributed by atoms with van der Waals surface area (Å²) in [5.41, 5.74) is 0.295. The molecule has 0 saturated heterocycles. The molecule has 0 radical (unpaired) electrons. The lowest BCUT2D eigenvalue weighted by Crippen LogP contribution is -2.40. The summed E-state index contributed by atoms with van der Waals surface area (Å²) >= 11 is 0. The summed E-state index contributed by atoms with van der Waals surface area (Å²) in [4.78, 5) is 21.9. The summed E-state index contributed by atoms with van der Waals surface area (Å²) in [6.45, 7) is 1.33. The first-order chi connectivity index (χ1) is 8.43. The van der Waals surface area contributed by atoms with Gasteiger partial charge in [0.15, 0.2) is 11.6 Å². The Balaban J connectivity index is 2.67. The number of hydrogen-bond acceptors (Lipinski definition) is 3. The molecule has 2 amide bonds. The molecule has 0 aromatic heterocycles. The number of nitrogens with one attached hydrogen (secondary N) is 2. The zero-order valence-corrected chi connectivity index (χ0v) is 9.86. The lowest BCUT2D eigenvalue weighted by molar-refractivity contribution is -0.138. The number of benzene rings is 1. The third-order valence-corrected chi connectivity index (χ3v) is 2.13. The average molecular weight is 256 g/mol. The van der Waals surface area contributed by atoms with Crippen LogP contribution in [0.15, 0.2) is 18.2 Å². The van der Waals surface area contributed by atoms with Crippen molar-refractivity contribution in [3.63, 3.8) is 0 Å². The molecule has 0 bridgehead atoms. The second-order valence-electron chi connectivity index (χ2n) is 3.51. The summed E-state index contributed by atoms with van der Waals surface area (Å²) in [7, 11) is 1.30. The van der Waals surface area contributed by atoms with E-state index in [4.69, 9.17) is 9.84 Å². The molecule has 6 nitrogen and oxygen atoms in total. The number of methoxy groups -OCH3 is 1. The number of carboxylic acid groups (broad SMARTS) is 1. The minimum Gasteiger partial charge on any atom is -0.494 e. The standard InChI is InChI=1S/C11H13FN2O4/c1-6(10(15)16)13-11(17)14-7-3-4-8(12)9(5-7)18-2/h3-6H,1-2H3,(H,15,16)(H2,13,14,17).